The lowest BCUT2D eigenvalue weighted by molar-refractivity contribution is 0.155. The van der Waals surface area contributed by atoms with Crippen LogP contribution in [0.4, 0.5) is 4.39 Å². The van der Waals surface area contributed by atoms with Crippen molar-refractivity contribution in [3.63, 3.8) is 0 Å². The molecule has 0 saturated carbocycles. The van der Waals surface area contributed by atoms with Crippen LogP contribution in [0.5, 0.6) is 0 Å². The molecule has 94 valence electrons. The van der Waals surface area contributed by atoms with Gasteiger partial charge in [-0.3, -0.25) is 4.90 Å². The highest BCUT2D eigenvalue weighted by Crippen LogP contribution is 2.18. The Kier molecular flexibility index (Phi) is 4.10. The highest BCUT2D eigenvalue weighted by atomic mass is 19.1. The third-order valence-corrected chi connectivity index (χ3v) is 3.32. The van der Waals surface area contributed by atoms with E-state index < -0.39 is 0 Å². The summed E-state index contributed by atoms with van der Waals surface area (Å²) in [5.74, 6) is -0.226. The van der Waals surface area contributed by atoms with E-state index in [9.17, 15) is 4.39 Å². The van der Waals surface area contributed by atoms with Gasteiger partial charge in [0.15, 0.2) is 0 Å². The molecule has 1 aliphatic rings. The van der Waals surface area contributed by atoms with Gasteiger partial charge in [0.1, 0.15) is 5.82 Å². The zero-order chi connectivity index (χ0) is 12.3. The number of benzene rings is 1. The predicted molar refractivity (Wildman–Crippen MR) is 65.2 cm³/mol. The second kappa shape index (κ2) is 5.58. The second-order valence-electron chi connectivity index (χ2n) is 4.58. The van der Waals surface area contributed by atoms with Crippen molar-refractivity contribution in [2.24, 2.45) is 5.73 Å². The average Bonchev–Trinajstić information content (AvgIpc) is 2.82. The molecule has 1 aromatic rings. The van der Waals surface area contributed by atoms with Gasteiger partial charge < -0.3 is 10.5 Å². The van der Waals surface area contributed by atoms with E-state index in [0.29, 0.717) is 18.2 Å². The summed E-state index contributed by atoms with van der Waals surface area (Å²) in [7, 11) is 2.01. The van der Waals surface area contributed by atoms with Gasteiger partial charge in [-0.2, -0.15) is 0 Å². The molecule has 0 aliphatic carbocycles. The molecule has 0 spiro atoms. The summed E-state index contributed by atoms with van der Waals surface area (Å²) in [6.07, 6.45) is 1.03. The lowest BCUT2D eigenvalue weighted by Gasteiger charge is -2.26. The maximum absolute atomic E-state index is 13.5. The van der Waals surface area contributed by atoms with E-state index in [2.05, 4.69) is 4.90 Å². The number of hydrogen-bond donors (Lipinski definition) is 1. The highest BCUT2D eigenvalue weighted by Gasteiger charge is 2.22. The molecule has 0 radical (unpaired) electrons. The normalized spacial score (nSPS) is 22.0. The Balaban J connectivity index is 1.96. The van der Waals surface area contributed by atoms with E-state index in [0.717, 1.165) is 19.6 Å². The van der Waals surface area contributed by atoms with E-state index in [1.165, 1.54) is 6.07 Å². The number of rotatable bonds is 4. The fourth-order valence-electron chi connectivity index (χ4n) is 2.20. The maximum atomic E-state index is 13.5. The monoisotopic (exact) mass is 238 g/mol. The van der Waals surface area contributed by atoms with Crippen molar-refractivity contribution in [2.75, 3.05) is 26.8 Å². The maximum Gasteiger partial charge on any atom is 0.128 e. The van der Waals surface area contributed by atoms with Crippen LogP contribution < -0.4 is 5.73 Å². The fraction of sp³-hybridized carbons (Fsp3) is 0.538. The van der Waals surface area contributed by atoms with Gasteiger partial charge in [-0.15, -0.1) is 0 Å². The number of likely N-dealkylation sites (N-methyl/N-ethyl adjacent to an activating group) is 1. The van der Waals surface area contributed by atoms with Crippen molar-refractivity contribution in [2.45, 2.75) is 18.5 Å². The standard InChI is InChI=1S/C13H19FN2O/c1-16(10-6-7-17-9-10)8-13(15)11-4-2-3-5-12(11)14/h2-5,10,13H,6-9,15H2,1H3. The molecule has 1 aromatic carbocycles. The smallest absolute Gasteiger partial charge is 0.128 e. The molecule has 1 saturated heterocycles. The van der Waals surface area contributed by atoms with E-state index in [1.807, 2.05) is 13.1 Å². The van der Waals surface area contributed by atoms with Crippen molar-refractivity contribution in [3.05, 3.63) is 35.6 Å². The molecule has 2 atom stereocenters. The summed E-state index contributed by atoms with van der Waals surface area (Å²) in [5.41, 5.74) is 6.62. The zero-order valence-electron chi connectivity index (χ0n) is 10.1. The van der Waals surface area contributed by atoms with Gasteiger partial charge in [-0.1, -0.05) is 18.2 Å². The van der Waals surface area contributed by atoms with Crippen LogP contribution in [0.2, 0.25) is 0 Å². The lowest BCUT2D eigenvalue weighted by atomic mass is 10.1. The first kappa shape index (κ1) is 12.5. The van der Waals surface area contributed by atoms with Crippen LogP contribution in [0.1, 0.15) is 18.0 Å². The van der Waals surface area contributed by atoms with E-state index >= 15 is 0 Å². The summed E-state index contributed by atoms with van der Waals surface area (Å²) >= 11 is 0. The van der Waals surface area contributed by atoms with Gasteiger partial charge in [0.25, 0.3) is 0 Å². The summed E-state index contributed by atoms with van der Waals surface area (Å²) in [5, 5.41) is 0. The largest absolute Gasteiger partial charge is 0.380 e. The van der Waals surface area contributed by atoms with Crippen molar-refractivity contribution in [1.29, 1.82) is 0 Å². The third kappa shape index (κ3) is 3.03. The van der Waals surface area contributed by atoms with Crippen LogP contribution in [-0.4, -0.2) is 37.7 Å². The van der Waals surface area contributed by atoms with E-state index in [4.69, 9.17) is 10.5 Å². The van der Waals surface area contributed by atoms with Crippen molar-refractivity contribution in [3.8, 4) is 0 Å². The molecule has 3 nitrogen and oxygen atoms in total. The number of nitrogens with zero attached hydrogens (tertiary/aromatic N) is 1. The van der Waals surface area contributed by atoms with Gasteiger partial charge in [0.05, 0.1) is 6.61 Å². The predicted octanol–water partition coefficient (Wildman–Crippen LogP) is 1.55. The van der Waals surface area contributed by atoms with Crippen molar-refractivity contribution in [1.82, 2.24) is 4.90 Å². The van der Waals surface area contributed by atoms with E-state index in [1.54, 1.807) is 12.1 Å². The summed E-state index contributed by atoms with van der Waals surface area (Å²) in [6.45, 7) is 2.21. The van der Waals surface area contributed by atoms with Crippen LogP contribution >= 0.6 is 0 Å². The zero-order valence-corrected chi connectivity index (χ0v) is 10.1. The Morgan fingerprint density at radius 2 is 2.29 bits per heavy atom. The summed E-state index contributed by atoms with van der Waals surface area (Å²) < 4.78 is 18.9. The molecule has 17 heavy (non-hydrogen) atoms. The van der Waals surface area contributed by atoms with Gasteiger partial charge in [0, 0.05) is 30.8 Å². The molecule has 2 rings (SSSR count). The molecule has 1 heterocycles. The van der Waals surface area contributed by atoms with Gasteiger partial charge in [-0.25, -0.2) is 4.39 Å². The lowest BCUT2D eigenvalue weighted by Crippen LogP contribution is -2.37. The minimum absolute atomic E-state index is 0.226. The first-order valence-electron chi connectivity index (χ1n) is 5.96. The van der Waals surface area contributed by atoms with Gasteiger partial charge in [0.2, 0.25) is 0 Å². The van der Waals surface area contributed by atoms with Crippen molar-refractivity contribution < 1.29 is 9.13 Å². The molecule has 1 aliphatic heterocycles. The summed E-state index contributed by atoms with van der Waals surface area (Å²) in [4.78, 5) is 2.16. The van der Waals surface area contributed by atoms with Gasteiger partial charge in [-0.05, 0) is 19.5 Å². The molecule has 2 unspecified atom stereocenters. The molecule has 0 amide bonds. The minimum Gasteiger partial charge on any atom is -0.380 e. The fourth-order valence-corrected chi connectivity index (χ4v) is 2.20. The number of ether oxygens (including phenoxy) is 1. The quantitative estimate of drug-likeness (QED) is 0.865. The minimum atomic E-state index is -0.290. The number of nitrogens with two attached hydrogens (primary N) is 1. The number of hydrogen-bond acceptors (Lipinski definition) is 3. The van der Waals surface area contributed by atoms with Crippen molar-refractivity contribution >= 4 is 0 Å². The van der Waals surface area contributed by atoms with Gasteiger partial charge >= 0.3 is 0 Å². The van der Waals surface area contributed by atoms with E-state index in [-0.39, 0.29) is 11.9 Å². The molecule has 0 bridgehead atoms. The SMILES string of the molecule is CN(CC(N)c1ccccc1F)C1CCOC1. The Labute approximate surface area is 101 Å². The molecule has 4 heteroatoms. The van der Waals surface area contributed by atoms with Crippen LogP contribution in [0.3, 0.4) is 0 Å². The first-order chi connectivity index (χ1) is 8.18. The Morgan fingerprint density at radius 3 is 2.94 bits per heavy atom. The topological polar surface area (TPSA) is 38.5 Å². The summed E-state index contributed by atoms with van der Waals surface area (Å²) in [6, 6.07) is 6.82. The van der Waals surface area contributed by atoms with Crippen LogP contribution in [0.25, 0.3) is 0 Å². The first-order valence-corrected chi connectivity index (χ1v) is 5.96. The highest BCUT2D eigenvalue weighted by molar-refractivity contribution is 5.21. The molecular formula is C13H19FN2O. The number of halogens is 1. The average molecular weight is 238 g/mol. The molecule has 2 N–H and O–H groups in total. The Morgan fingerprint density at radius 1 is 1.53 bits per heavy atom. The molecule has 1 fully saturated rings. The van der Waals surface area contributed by atoms with Crippen LogP contribution in [0.15, 0.2) is 24.3 Å². The molecular weight excluding hydrogens is 219 g/mol. The molecule has 0 aromatic heterocycles. The Hall–Kier alpha value is -0.970. The second-order valence-corrected chi connectivity index (χ2v) is 4.58. The Bertz CT molecular complexity index is 366. The van der Waals surface area contributed by atoms with Crippen LogP contribution in [-0.2, 0) is 4.74 Å². The third-order valence-electron chi connectivity index (χ3n) is 3.32. The van der Waals surface area contributed by atoms with Crippen LogP contribution in [0, 0.1) is 5.82 Å².